The van der Waals surface area contributed by atoms with Crippen LogP contribution in [0.25, 0.3) is 0 Å². The minimum Gasteiger partial charge on any atom is -0.456 e. The van der Waals surface area contributed by atoms with E-state index in [0.717, 1.165) is 18.4 Å². The Hall–Kier alpha value is -3.55. The summed E-state index contributed by atoms with van der Waals surface area (Å²) in [6.07, 6.45) is 2.54. The number of esters is 1. The number of aryl methyl sites for hydroxylation is 1. The molecule has 2 aromatic carbocycles. The number of carbonyl (C=O) groups is 3. The molecule has 0 bridgehead atoms. The highest BCUT2D eigenvalue weighted by atomic mass is 16.7. The third-order valence-corrected chi connectivity index (χ3v) is 4.78. The number of anilines is 1. The average molecular weight is 410 g/mol. The Morgan fingerprint density at radius 2 is 1.83 bits per heavy atom. The number of ether oxygens (including phenoxy) is 3. The van der Waals surface area contributed by atoms with Crippen molar-refractivity contribution in [3.05, 3.63) is 53.6 Å². The number of nitrogens with one attached hydrogen (secondary N) is 2. The third kappa shape index (κ3) is 5.08. The highest BCUT2D eigenvalue weighted by Crippen LogP contribution is 2.32. The maximum absolute atomic E-state index is 12.3. The monoisotopic (exact) mass is 410 g/mol. The summed E-state index contributed by atoms with van der Waals surface area (Å²) in [7, 11) is 0. The highest BCUT2D eigenvalue weighted by molar-refractivity contribution is 6.04. The molecular formula is C22H22N2O6. The van der Waals surface area contributed by atoms with E-state index in [4.69, 9.17) is 14.2 Å². The Kier molecular flexibility index (Phi) is 5.83. The van der Waals surface area contributed by atoms with E-state index >= 15 is 0 Å². The van der Waals surface area contributed by atoms with Gasteiger partial charge in [0.1, 0.15) is 0 Å². The van der Waals surface area contributed by atoms with E-state index in [1.54, 1.807) is 30.3 Å². The fourth-order valence-corrected chi connectivity index (χ4v) is 3.03. The van der Waals surface area contributed by atoms with Crippen molar-refractivity contribution in [2.75, 3.05) is 18.7 Å². The van der Waals surface area contributed by atoms with Crippen molar-refractivity contribution >= 4 is 23.5 Å². The van der Waals surface area contributed by atoms with Crippen LogP contribution in [0.4, 0.5) is 5.69 Å². The Morgan fingerprint density at radius 1 is 1.03 bits per heavy atom. The molecule has 2 amide bonds. The molecule has 0 atom stereocenters. The topological polar surface area (TPSA) is 103 Å². The van der Waals surface area contributed by atoms with Gasteiger partial charge in [-0.1, -0.05) is 18.2 Å². The van der Waals surface area contributed by atoms with Gasteiger partial charge < -0.3 is 24.8 Å². The fourth-order valence-electron chi connectivity index (χ4n) is 3.03. The van der Waals surface area contributed by atoms with Crippen molar-refractivity contribution in [3.8, 4) is 11.5 Å². The SMILES string of the molecule is O=C(COC(=O)CCc1ccc2c(c1)OCO2)Nc1ccccc1C(=O)NC1CC1. The summed E-state index contributed by atoms with van der Waals surface area (Å²) in [6, 6.07) is 12.4. The zero-order valence-electron chi connectivity index (χ0n) is 16.3. The second kappa shape index (κ2) is 8.86. The molecule has 4 rings (SSSR count). The van der Waals surface area contributed by atoms with E-state index < -0.39 is 18.5 Å². The molecule has 0 saturated heterocycles. The number of amides is 2. The summed E-state index contributed by atoms with van der Waals surface area (Å²) in [6.45, 7) is -0.222. The largest absolute Gasteiger partial charge is 0.456 e. The molecule has 1 saturated carbocycles. The quantitative estimate of drug-likeness (QED) is 0.648. The number of hydrogen-bond acceptors (Lipinski definition) is 6. The van der Waals surface area contributed by atoms with Gasteiger partial charge in [0.25, 0.3) is 11.8 Å². The van der Waals surface area contributed by atoms with E-state index in [1.165, 1.54) is 0 Å². The molecule has 2 N–H and O–H groups in total. The van der Waals surface area contributed by atoms with E-state index in [-0.39, 0.29) is 25.2 Å². The van der Waals surface area contributed by atoms with E-state index in [0.29, 0.717) is 29.2 Å². The number of carbonyl (C=O) groups excluding carboxylic acids is 3. The lowest BCUT2D eigenvalue weighted by Crippen LogP contribution is -2.28. The normalized spacial score (nSPS) is 14.1. The Balaban J connectivity index is 1.24. The Morgan fingerprint density at radius 3 is 2.67 bits per heavy atom. The van der Waals surface area contributed by atoms with Gasteiger partial charge in [0.05, 0.1) is 11.3 Å². The standard InChI is InChI=1S/C22H22N2O6/c25-20(24-17-4-2-1-3-16(17)22(27)23-15-7-8-15)12-28-21(26)10-6-14-5-9-18-19(11-14)30-13-29-18/h1-5,9,11,15H,6-8,10,12-13H2,(H,23,27)(H,24,25). The van der Waals surface area contributed by atoms with Crippen molar-refractivity contribution in [3.63, 3.8) is 0 Å². The van der Waals surface area contributed by atoms with Gasteiger partial charge in [0.15, 0.2) is 18.1 Å². The van der Waals surface area contributed by atoms with Crippen LogP contribution in [0.1, 0.15) is 35.2 Å². The second-order valence-electron chi connectivity index (χ2n) is 7.19. The van der Waals surface area contributed by atoms with Gasteiger partial charge in [-0.25, -0.2) is 0 Å². The first-order valence-corrected chi connectivity index (χ1v) is 9.82. The number of hydrogen-bond donors (Lipinski definition) is 2. The summed E-state index contributed by atoms with van der Waals surface area (Å²) >= 11 is 0. The molecule has 1 aliphatic heterocycles. The Labute approximate surface area is 173 Å². The van der Waals surface area contributed by atoms with Crippen LogP contribution in [0.2, 0.25) is 0 Å². The molecule has 0 aromatic heterocycles. The van der Waals surface area contributed by atoms with Crippen LogP contribution >= 0.6 is 0 Å². The molecule has 8 nitrogen and oxygen atoms in total. The number of para-hydroxylation sites is 1. The lowest BCUT2D eigenvalue weighted by atomic mass is 10.1. The van der Waals surface area contributed by atoms with Gasteiger partial charge in [0.2, 0.25) is 6.79 Å². The van der Waals surface area contributed by atoms with Crippen LogP contribution < -0.4 is 20.1 Å². The molecule has 8 heteroatoms. The molecule has 1 aliphatic carbocycles. The highest BCUT2D eigenvalue weighted by Gasteiger charge is 2.25. The molecule has 1 heterocycles. The number of fused-ring (bicyclic) bond motifs is 1. The maximum Gasteiger partial charge on any atom is 0.306 e. The third-order valence-electron chi connectivity index (χ3n) is 4.78. The van der Waals surface area contributed by atoms with Crippen molar-refractivity contribution in [1.29, 1.82) is 0 Å². The zero-order valence-corrected chi connectivity index (χ0v) is 16.3. The van der Waals surface area contributed by atoms with Crippen LogP contribution in [0.5, 0.6) is 11.5 Å². The minimum absolute atomic E-state index is 0.132. The first kappa shape index (κ1) is 19.8. The molecule has 0 spiro atoms. The van der Waals surface area contributed by atoms with Crippen molar-refractivity contribution in [2.24, 2.45) is 0 Å². The zero-order chi connectivity index (χ0) is 20.9. The number of rotatable bonds is 8. The summed E-state index contributed by atoms with van der Waals surface area (Å²) in [5.41, 5.74) is 1.68. The van der Waals surface area contributed by atoms with E-state index in [9.17, 15) is 14.4 Å². The number of benzene rings is 2. The fraction of sp³-hybridized carbons (Fsp3) is 0.318. The van der Waals surface area contributed by atoms with E-state index in [2.05, 4.69) is 10.6 Å². The minimum atomic E-state index is -0.502. The summed E-state index contributed by atoms with van der Waals surface area (Å²) in [4.78, 5) is 36.5. The second-order valence-corrected chi connectivity index (χ2v) is 7.19. The smallest absolute Gasteiger partial charge is 0.306 e. The molecule has 156 valence electrons. The maximum atomic E-state index is 12.3. The Bertz CT molecular complexity index is 970. The van der Waals surface area contributed by atoms with Crippen LogP contribution in [0.3, 0.4) is 0 Å². The van der Waals surface area contributed by atoms with Crippen molar-refractivity contribution < 1.29 is 28.6 Å². The van der Waals surface area contributed by atoms with Gasteiger partial charge in [-0.15, -0.1) is 0 Å². The van der Waals surface area contributed by atoms with Crippen molar-refractivity contribution in [2.45, 2.75) is 31.7 Å². The molecular weight excluding hydrogens is 388 g/mol. The van der Waals surface area contributed by atoms with Gasteiger partial charge in [-0.3, -0.25) is 14.4 Å². The predicted octanol–water partition coefficient (Wildman–Crippen LogP) is 2.42. The van der Waals surface area contributed by atoms with E-state index in [1.807, 2.05) is 12.1 Å². The average Bonchev–Trinajstić information content (AvgIpc) is 3.44. The van der Waals surface area contributed by atoms with Crippen LogP contribution in [-0.2, 0) is 20.7 Å². The van der Waals surface area contributed by atoms with Crippen LogP contribution in [0.15, 0.2) is 42.5 Å². The lowest BCUT2D eigenvalue weighted by molar-refractivity contribution is -0.147. The van der Waals surface area contributed by atoms with Gasteiger partial charge >= 0.3 is 5.97 Å². The molecule has 2 aliphatic rings. The van der Waals surface area contributed by atoms with Crippen LogP contribution in [0, 0.1) is 0 Å². The summed E-state index contributed by atoms with van der Waals surface area (Å²) < 4.78 is 15.6. The predicted molar refractivity (Wildman–Crippen MR) is 107 cm³/mol. The molecule has 0 unspecified atom stereocenters. The summed E-state index contributed by atoms with van der Waals surface area (Å²) in [5, 5.41) is 5.52. The molecule has 0 radical (unpaired) electrons. The first-order chi connectivity index (χ1) is 14.6. The van der Waals surface area contributed by atoms with Gasteiger partial charge in [-0.05, 0) is 49.1 Å². The van der Waals surface area contributed by atoms with Gasteiger partial charge in [-0.2, -0.15) is 0 Å². The lowest BCUT2D eigenvalue weighted by Gasteiger charge is -2.11. The van der Waals surface area contributed by atoms with Gasteiger partial charge in [0, 0.05) is 12.5 Å². The molecule has 1 fully saturated rings. The summed E-state index contributed by atoms with van der Waals surface area (Å²) in [5.74, 6) is 0.128. The first-order valence-electron chi connectivity index (χ1n) is 9.82. The van der Waals surface area contributed by atoms with Crippen LogP contribution in [-0.4, -0.2) is 37.2 Å². The molecule has 30 heavy (non-hydrogen) atoms. The molecule has 2 aromatic rings. The van der Waals surface area contributed by atoms with Crippen molar-refractivity contribution in [1.82, 2.24) is 5.32 Å².